The number of aryl methyl sites for hydroxylation is 1. The summed E-state index contributed by atoms with van der Waals surface area (Å²) in [6.45, 7) is 6.04. The monoisotopic (exact) mass is 314 g/mol. The molecule has 23 heavy (non-hydrogen) atoms. The molecule has 2 heterocycles. The second kappa shape index (κ2) is 6.04. The SMILES string of the molecule is C=C1CCN(c2cnc(Oc3cc(F)ccc3C)nc2)C(=O)N1. The Hall–Kier alpha value is -2.96. The third kappa shape index (κ3) is 3.28. The predicted octanol–water partition coefficient (Wildman–Crippen LogP) is 3.15. The van der Waals surface area contributed by atoms with Crippen LogP contribution in [0.15, 0.2) is 42.9 Å². The Balaban J connectivity index is 1.76. The zero-order chi connectivity index (χ0) is 16.4. The summed E-state index contributed by atoms with van der Waals surface area (Å²) in [7, 11) is 0. The van der Waals surface area contributed by atoms with Gasteiger partial charge in [-0.25, -0.2) is 19.2 Å². The van der Waals surface area contributed by atoms with Gasteiger partial charge in [-0.05, 0) is 18.6 Å². The summed E-state index contributed by atoms with van der Waals surface area (Å²) < 4.78 is 18.7. The Morgan fingerprint density at radius 1 is 1.35 bits per heavy atom. The van der Waals surface area contributed by atoms with Crippen LogP contribution in [0.1, 0.15) is 12.0 Å². The number of hydrogen-bond acceptors (Lipinski definition) is 4. The number of benzene rings is 1. The summed E-state index contributed by atoms with van der Waals surface area (Å²) in [6.07, 6.45) is 3.64. The minimum atomic E-state index is -0.396. The molecule has 1 aromatic heterocycles. The van der Waals surface area contributed by atoms with Crippen LogP contribution in [0.4, 0.5) is 14.9 Å². The summed E-state index contributed by atoms with van der Waals surface area (Å²) in [5.74, 6) is -0.0443. The molecule has 0 atom stereocenters. The van der Waals surface area contributed by atoms with Crippen molar-refractivity contribution in [3.8, 4) is 11.8 Å². The van der Waals surface area contributed by atoms with Crippen molar-refractivity contribution in [1.82, 2.24) is 15.3 Å². The highest BCUT2D eigenvalue weighted by molar-refractivity contribution is 5.93. The summed E-state index contributed by atoms with van der Waals surface area (Å²) in [4.78, 5) is 21.6. The van der Waals surface area contributed by atoms with Crippen molar-refractivity contribution in [2.24, 2.45) is 0 Å². The quantitative estimate of drug-likeness (QED) is 0.945. The maximum Gasteiger partial charge on any atom is 0.326 e. The molecule has 1 aromatic carbocycles. The molecular formula is C16H15FN4O2. The third-order valence-corrected chi connectivity index (χ3v) is 3.44. The topological polar surface area (TPSA) is 67.3 Å². The van der Waals surface area contributed by atoms with Crippen LogP contribution in [0.5, 0.6) is 11.8 Å². The van der Waals surface area contributed by atoms with E-state index in [4.69, 9.17) is 4.74 Å². The highest BCUT2D eigenvalue weighted by atomic mass is 19.1. The fraction of sp³-hybridized carbons (Fsp3) is 0.188. The van der Waals surface area contributed by atoms with Crippen molar-refractivity contribution in [3.63, 3.8) is 0 Å². The van der Waals surface area contributed by atoms with E-state index in [1.807, 2.05) is 0 Å². The highest BCUT2D eigenvalue weighted by Gasteiger charge is 2.22. The van der Waals surface area contributed by atoms with Crippen LogP contribution < -0.4 is 15.0 Å². The fourth-order valence-corrected chi connectivity index (χ4v) is 2.16. The molecule has 2 amide bonds. The minimum Gasteiger partial charge on any atom is -0.424 e. The molecule has 118 valence electrons. The molecule has 0 bridgehead atoms. The van der Waals surface area contributed by atoms with Crippen molar-refractivity contribution in [3.05, 3.63) is 54.2 Å². The van der Waals surface area contributed by atoms with E-state index >= 15 is 0 Å². The molecule has 7 heteroatoms. The molecule has 0 aliphatic carbocycles. The van der Waals surface area contributed by atoms with Gasteiger partial charge in [0.1, 0.15) is 11.6 Å². The predicted molar refractivity (Wildman–Crippen MR) is 82.9 cm³/mol. The van der Waals surface area contributed by atoms with Gasteiger partial charge in [-0.3, -0.25) is 4.90 Å². The van der Waals surface area contributed by atoms with E-state index < -0.39 is 5.82 Å². The number of nitrogens with zero attached hydrogens (tertiary/aromatic N) is 3. The van der Waals surface area contributed by atoms with Crippen LogP contribution >= 0.6 is 0 Å². The van der Waals surface area contributed by atoms with E-state index in [1.54, 1.807) is 13.0 Å². The van der Waals surface area contributed by atoms with Crippen LogP contribution in [0.25, 0.3) is 0 Å². The van der Waals surface area contributed by atoms with Gasteiger partial charge in [-0.1, -0.05) is 12.6 Å². The number of aromatic nitrogens is 2. The lowest BCUT2D eigenvalue weighted by atomic mass is 10.2. The van der Waals surface area contributed by atoms with Crippen molar-refractivity contribution < 1.29 is 13.9 Å². The molecule has 0 unspecified atom stereocenters. The largest absolute Gasteiger partial charge is 0.424 e. The Labute approximate surface area is 132 Å². The van der Waals surface area contributed by atoms with Gasteiger partial charge in [0.25, 0.3) is 0 Å². The number of halogens is 1. The van der Waals surface area contributed by atoms with Crippen LogP contribution in [-0.2, 0) is 0 Å². The third-order valence-electron chi connectivity index (χ3n) is 3.44. The van der Waals surface area contributed by atoms with E-state index in [9.17, 15) is 9.18 Å². The molecule has 1 aliphatic heterocycles. The van der Waals surface area contributed by atoms with E-state index in [2.05, 4.69) is 21.9 Å². The zero-order valence-corrected chi connectivity index (χ0v) is 12.5. The Morgan fingerprint density at radius 2 is 2.09 bits per heavy atom. The average molecular weight is 314 g/mol. The lowest BCUT2D eigenvalue weighted by Gasteiger charge is -2.28. The standard InChI is InChI=1S/C16H15FN4O2/c1-10-3-4-12(17)7-14(10)23-15-18-8-13(9-19-15)21-6-5-11(2)20-16(21)22/h3-4,7-9H,2,5-6H2,1H3,(H,20,22). The lowest BCUT2D eigenvalue weighted by molar-refractivity contribution is 0.246. The van der Waals surface area contributed by atoms with E-state index in [1.165, 1.54) is 29.4 Å². The van der Waals surface area contributed by atoms with Crippen LogP contribution in [0, 0.1) is 12.7 Å². The van der Waals surface area contributed by atoms with Crippen LogP contribution in [-0.4, -0.2) is 22.5 Å². The first kappa shape index (κ1) is 15.0. The number of carbonyl (C=O) groups is 1. The van der Waals surface area contributed by atoms with Gasteiger partial charge in [0, 0.05) is 24.7 Å². The molecule has 3 rings (SSSR count). The molecule has 6 nitrogen and oxygen atoms in total. The Kier molecular flexibility index (Phi) is 3.92. The van der Waals surface area contributed by atoms with Crippen LogP contribution in [0.3, 0.4) is 0 Å². The smallest absolute Gasteiger partial charge is 0.326 e. The van der Waals surface area contributed by atoms with Crippen molar-refractivity contribution in [2.45, 2.75) is 13.3 Å². The minimum absolute atomic E-state index is 0.0873. The van der Waals surface area contributed by atoms with E-state index in [0.717, 1.165) is 5.56 Å². The van der Waals surface area contributed by atoms with Gasteiger partial charge < -0.3 is 10.1 Å². The summed E-state index contributed by atoms with van der Waals surface area (Å²) in [6, 6.07) is 4.07. The van der Waals surface area contributed by atoms with Gasteiger partial charge in [-0.15, -0.1) is 0 Å². The molecule has 1 saturated heterocycles. The number of anilines is 1. The molecule has 1 aliphatic rings. The Morgan fingerprint density at radius 3 is 2.78 bits per heavy atom. The first-order chi connectivity index (χ1) is 11.0. The van der Waals surface area contributed by atoms with Crippen LogP contribution in [0.2, 0.25) is 0 Å². The summed E-state index contributed by atoms with van der Waals surface area (Å²) in [5.41, 5.74) is 2.01. The number of urea groups is 1. The highest BCUT2D eigenvalue weighted by Crippen LogP contribution is 2.24. The van der Waals surface area contributed by atoms with E-state index in [-0.39, 0.29) is 12.0 Å². The van der Waals surface area contributed by atoms with Crippen molar-refractivity contribution in [2.75, 3.05) is 11.4 Å². The lowest BCUT2D eigenvalue weighted by Crippen LogP contribution is -2.45. The zero-order valence-electron chi connectivity index (χ0n) is 12.5. The normalized spacial score (nSPS) is 14.6. The summed E-state index contributed by atoms with van der Waals surface area (Å²) >= 11 is 0. The number of nitrogens with one attached hydrogen (secondary N) is 1. The first-order valence-electron chi connectivity index (χ1n) is 7.05. The maximum atomic E-state index is 13.3. The molecule has 2 aromatic rings. The van der Waals surface area contributed by atoms with Gasteiger partial charge in [0.15, 0.2) is 0 Å². The number of amides is 2. The van der Waals surface area contributed by atoms with Crippen molar-refractivity contribution >= 4 is 11.7 Å². The van der Waals surface area contributed by atoms with Crippen molar-refractivity contribution in [1.29, 1.82) is 0 Å². The number of carbonyl (C=O) groups excluding carboxylic acids is 1. The van der Waals surface area contributed by atoms with Gasteiger partial charge in [0.2, 0.25) is 0 Å². The fourth-order valence-electron chi connectivity index (χ4n) is 2.16. The molecule has 0 saturated carbocycles. The molecular weight excluding hydrogens is 299 g/mol. The van der Waals surface area contributed by atoms with Gasteiger partial charge in [-0.2, -0.15) is 0 Å². The van der Waals surface area contributed by atoms with E-state index in [0.29, 0.717) is 30.1 Å². The maximum absolute atomic E-state index is 13.3. The second-order valence-corrected chi connectivity index (χ2v) is 5.17. The van der Waals surface area contributed by atoms with Gasteiger partial charge in [0.05, 0.1) is 18.1 Å². The summed E-state index contributed by atoms with van der Waals surface area (Å²) in [5, 5.41) is 2.66. The molecule has 1 N–H and O–H groups in total. The number of hydrogen-bond donors (Lipinski definition) is 1. The average Bonchev–Trinajstić information content (AvgIpc) is 2.52. The molecule has 0 spiro atoms. The molecule has 0 radical (unpaired) electrons. The number of ether oxygens (including phenoxy) is 1. The number of rotatable bonds is 3. The molecule has 1 fully saturated rings. The second-order valence-electron chi connectivity index (χ2n) is 5.17. The first-order valence-corrected chi connectivity index (χ1v) is 7.05. The Bertz CT molecular complexity index is 761. The van der Waals surface area contributed by atoms with Gasteiger partial charge >= 0.3 is 12.0 Å².